The standard InChI is InChI=1S/C23H25ClN4O/c1-16-22(17(2)28(26-16)14-18-8-6-7-11-21(18)24)23(29)27-13-12-20(15-27)25-19-9-4-3-5-10-19/h3-11,20,25H,12-15H2,1-2H3. The highest BCUT2D eigenvalue weighted by atomic mass is 35.5. The lowest BCUT2D eigenvalue weighted by Gasteiger charge is -2.18. The van der Waals surface area contributed by atoms with Crippen molar-refractivity contribution in [3.63, 3.8) is 0 Å². The van der Waals surface area contributed by atoms with Crippen LogP contribution in [-0.4, -0.2) is 39.7 Å². The molecule has 1 unspecified atom stereocenters. The van der Waals surface area contributed by atoms with Crippen molar-refractivity contribution in [1.82, 2.24) is 14.7 Å². The number of carbonyl (C=O) groups is 1. The summed E-state index contributed by atoms with van der Waals surface area (Å²) in [6, 6.07) is 18.1. The monoisotopic (exact) mass is 408 g/mol. The normalized spacial score (nSPS) is 16.2. The fraction of sp³-hybridized carbons (Fsp3) is 0.304. The third-order valence-electron chi connectivity index (χ3n) is 5.49. The molecule has 150 valence electrons. The second-order valence-electron chi connectivity index (χ2n) is 7.54. The third kappa shape index (κ3) is 4.15. The predicted molar refractivity (Wildman–Crippen MR) is 117 cm³/mol. The first kappa shape index (κ1) is 19.5. The zero-order valence-corrected chi connectivity index (χ0v) is 17.5. The number of aryl methyl sites for hydroxylation is 1. The first-order valence-electron chi connectivity index (χ1n) is 9.91. The second kappa shape index (κ2) is 8.29. The highest BCUT2D eigenvalue weighted by Gasteiger charge is 2.30. The largest absolute Gasteiger partial charge is 0.380 e. The van der Waals surface area contributed by atoms with E-state index in [0.717, 1.165) is 35.6 Å². The van der Waals surface area contributed by atoms with Gasteiger partial charge >= 0.3 is 0 Å². The summed E-state index contributed by atoms with van der Waals surface area (Å²) in [5.74, 6) is 0.0581. The van der Waals surface area contributed by atoms with Crippen LogP contribution < -0.4 is 5.32 Å². The molecule has 1 aliphatic heterocycles. The first-order valence-corrected chi connectivity index (χ1v) is 10.3. The van der Waals surface area contributed by atoms with Crippen LogP contribution in [-0.2, 0) is 6.54 Å². The van der Waals surface area contributed by atoms with Gasteiger partial charge in [0.15, 0.2) is 0 Å². The summed E-state index contributed by atoms with van der Waals surface area (Å²) < 4.78 is 1.87. The van der Waals surface area contributed by atoms with Crippen LogP contribution in [0.5, 0.6) is 0 Å². The zero-order chi connectivity index (χ0) is 20.4. The van der Waals surface area contributed by atoms with Crippen LogP contribution in [0.15, 0.2) is 54.6 Å². The smallest absolute Gasteiger partial charge is 0.257 e. The Morgan fingerprint density at radius 2 is 1.86 bits per heavy atom. The van der Waals surface area contributed by atoms with E-state index in [1.54, 1.807) is 0 Å². The molecule has 1 N–H and O–H groups in total. The van der Waals surface area contributed by atoms with E-state index in [1.807, 2.05) is 65.9 Å². The summed E-state index contributed by atoms with van der Waals surface area (Å²) in [6.45, 7) is 5.86. The molecular weight excluding hydrogens is 384 g/mol. The molecule has 1 aromatic heterocycles. The van der Waals surface area contributed by atoms with Gasteiger partial charge in [0.25, 0.3) is 5.91 Å². The Hall–Kier alpha value is -2.79. The molecule has 3 aromatic rings. The average molecular weight is 409 g/mol. The van der Waals surface area contributed by atoms with E-state index in [4.69, 9.17) is 11.6 Å². The molecule has 4 rings (SSSR count). The van der Waals surface area contributed by atoms with E-state index in [2.05, 4.69) is 22.5 Å². The molecule has 1 amide bonds. The summed E-state index contributed by atoms with van der Waals surface area (Å²) in [6.07, 6.45) is 0.937. The van der Waals surface area contributed by atoms with E-state index in [9.17, 15) is 4.79 Å². The van der Waals surface area contributed by atoms with E-state index in [0.29, 0.717) is 23.7 Å². The first-order chi connectivity index (χ1) is 14.0. The van der Waals surface area contributed by atoms with Gasteiger partial charge < -0.3 is 10.2 Å². The number of hydrogen-bond acceptors (Lipinski definition) is 3. The molecule has 29 heavy (non-hydrogen) atoms. The van der Waals surface area contributed by atoms with Gasteiger partial charge in [-0.15, -0.1) is 0 Å². The topological polar surface area (TPSA) is 50.2 Å². The van der Waals surface area contributed by atoms with Gasteiger partial charge in [-0.2, -0.15) is 5.10 Å². The van der Waals surface area contributed by atoms with Crippen LogP contribution in [0.4, 0.5) is 5.69 Å². The average Bonchev–Trinajstić information content (AvgIpc) is 3.28. The quantitative estimate of drug-likeness (QED) is 0.674. The molecule has 1 saturated heterocycles. The summed E-state index contributed by atoms with van der Waals surface area (Å²) in [5, 5.41) is 8.85. The Labute approximate surface area is 176 Å². The fourth-order valence-corrected chi connectivity index (χ4v) is 4.13. The van der Waals surface area contributed by atoms with Gasteiger partial charge in [-0.25, -0.2) is 0 Å². The predicted octanol–water partition coefficient (Wildman–Crippen LogP) is 4.53. The Bertz CT molecular complexity index is 1010. The summed E-state index contributed by atoms with van der Waals surface area (Å²) >= 11 is 6.30. The van der Waals surface area contributed by atoms with Crippen LogP contribution in [0.3, 0.4) is 0 Å². The van der Waals surface area contributed by atoms with Crippen LogP contribution in [0, 0.1) is 13.8 Å². The van der Waals surface area contributed by atoms with Gasteiger partial charge in [-0.1, -0.05) is 48.0 Å². The number of para-hydroxylation sites is 1. The summed E-state index contributed by atoms with van der Waals surface area (Å²) in [5.41, 5.74) is 4.43. The Morgan fingerprint density at radius 3 is 2.62 bits per heavy atom. The van der Waals surface area contributed by atoms with Gasteiger partial charge in [0.1, 0.15) is 0 Å². The fourth-order valence-electron chi connectivity index (χ4n) is 3.94. The van der Waals surface area contributed by atoms with Crippen LogP contribution in [0.2, 0.25) is 5.02 Å². The van der Waals surface area contributed by atoms with Gasteiger partial charge in [0.2, 0.25) is 0 Å². The molecule has 5 nitrogen and oxygen atoms in total. The number of amides is 1. The molecule has 6 heteroatoms. The third-order valence-corrected chi connectivity index (χ3v) is 5.86. The molecule has 0 radical (unpaired) electrons. The van der Waals surface area contributed by atoms with Gasteiger partial charge in [-0.3, -0.25) is 9.48 Å². The maximum atomic E-state index is 13.2. The number of aromatic nitrogens is 2. The minimum absolute atomic E-state index is 0.0581. The van der Waals surface area contributed by atoms with Crippen molar-refractivity contribution in [3.05, 3.63) is 82.1 Å². The maximum absolute atomic E-state index is 13.2. The van der Waals surface area contributed by atoms with Crippen molar-refractivity contribution < 1.29 is 4.79 Å². The number of nitrogens with one attached hydrogen (secondary N) is 1. The van der Waals surface area contributed by atoms with Crippen molar-refractivity contribution >= 4 is 23.2 Å². The Morgan fingerprint density at radius 1 is 1.14 bits per heavy atom. The van der Waals surface area contributed by atoms with Crippen molar-refractivity contribution in [2.24, 2.45) is 0 Å². The SMILES string of the molecule is Cc1nn(Cc2ccccc2Cl)c(C)c1C(=O)N1CCC(Nc2ccccc2)C1. The number of hydrogen-bond donors (Lipinski definition) is 1. The van der Waals surface area contributed by atoms with Crippen molar-refractivity contribution in [1.29, 1.82) is 0 Å². The lowest BCUT2D eigenvalue weighted by atomic mass is 10.1. The number of carbonyl (C=O) groups excluding carboxylic acids is 1. The van der Waals surface area contributed by atoms with Gasteiger partial charge in [-0.05, 0) is 44.0 Å². The number of benzene rings is 2. The van der Waals surface area contributed by atoms with Gasteiger partial charge in [0.05, 0.1) is 17.8 Å². The lowest BCUT2D eigenvalue weighted by Crippen LogP contribution is -2.32. The van der Waals surface area contributed by atoms with E-state index >= 15 is 0 Å². The highest BCUT2D eigenvalue weighted by Crippen LogP contribution is 2.23. The van der Waals surface area contributed by atoms with E-state index < -0.39 is 0 Å². The minimum Gasteiger partial charge on any atom is -0.380 e. The molecule has 2 heterocycles. The number of nitrogens with zero attached hydrogens (tertiary/aromatic N) is 3. The number of likely N-dealkylation sites (tertiary alicyclic amines) is 1. The van der Waals surface area contributed by atoms with Crippen molar-refractivity contribution in [2.75, 3.05) is 18.4 Å². The molecule has 1 fully saturated rings. The van der Waals surface area contributed by atoms with E-state index in [1.165, 1.54) is 0 Å². The molecule has 1 aliphatic rings. The molecular formula is C23H25ClN4O. The molecule has 1 atom stereocenters. The molecule has 0 saturated carbocycles. The van der Waals surface area contributed by atoms with Crippen LogP contribution in [0.1, 0.15) is 33.7 Å². The Balaban J connectivity index is 1.48. The number of anilines is 1. The number of halogens is 1. The minimum atomic E-state index is 0.0581. The van der Waals surface area contributed by atoms with E-state index in [-0.39, 0.29) is 11.9 Å². The number of rotatable bonds is 5. The molecule has 0 aliphatic carbocycles. The van der Waals surface area contributed by atoms with Crippen molar-refractivity contribution in [2.45, 2.75) is 32.9 Å². The Kier molecular flexibility index (Phi) is 5.58. The highest BCUT2D eigenvalue weighted by molar-refractivity contribution is 6.31. The zero-order valence-electron chi connectivity index (χ0n) is 16.7. The molecule has 0 bridgehead atoms. The van der Waals surface area contributed by atoms with Crippen LogP contribution in [0.25, 0.3) is 0 Å². The van der Waals surface area contributed by atoms with Gasteiger partial charge in [0, 0.05) is 35.5 Å². The van der Waals surface area contributed by atoms with Crippen LogP contribution >= 0.6 is 11.6 Å². The van der Waals surface area contributed by atoms with Crippen molar-refractivity contribution in [3.8, 4) is 0 Å². The molecule has 0 spiro atoms. The summed E-state index contributed by atoms with van der Waals surface area (Å²) in [4.78, 5) is 15.2. The summed E-state index contributed by atoms with van der Waals surface area (Å²) in [7, 11) is 0. The lowest BCUT2D eigenvalue weighted by molar-refractivity contribution is 0.0790. The maximum Gasteiger partial charge on any atom is 0.257 e. The molecule has 2 aromatic carbocycles. The second-order valence-corrected chi connectivity index (χ2v) is 7.95.